The number of hydrogen-bond acceptors (Lipinski definition) is 2. The Morgan fingerprint density at radius 1 is 1.09 bits per heavy atom. The van der Waals surface area contributed by atoms with Gasteiger partial charge in [-0.05, 0) is 50.3 Å². The maximum atomic E-state index is 13.7. The van der Waals surface area contributed by atoms with Gasteiger partial charge in [-0.15, -0.1) is 12.4 Å². The number of likely N-dealkylation sites (tertiary alicyclic amines) is 1. The summed E-state index contributed by atoms with van der Waals surface area (Å²) < 4.78 is 39.9. The molecule has 2 aliphatic rings. The third-order valence-electron chi connectivity index (χ3n) is 4.76. The average molecular weight is 349 g/mol. The predicted octanol–water partition coefficient (Wildman–Crippen LogP) is 3.13. The molecule has 0 aromatic heterocycles. The Morgan fingerprint density at radius 3 is 2.39 bits per heavy atom. The van der Waals surface area contributed by atoms with Gasteiger partial charge < -0.3 is 10.2 Å². The summed E-state index contributed by atoms with van der Waals surface area (Å²) in [5.74, 6) is -4.30. The Kier molecular flexibility index (Phi) is 5.92. The highest BCUT2D eigenvalue weighted by Gasteiger charge is 2.31. The molecule has 2 fully saturated rings. The van der Waals surface area contributed by atoms with Crippen molar-refractivity contribution in [2.24, 2.45) is 5.92 Å². The van der Waals surface area contributed by atoms with Crippen LogP contribution in [0.25, 0.3) is 0 Å². The van der Waals surface area contributed by atoms with E-state index in [9.17, 15) is 18.0 Å². The largest absolute Gasteiger partial charge is 0.339 e. The van der Waals surface area contributed by atoms with E-state index in [1.54, 1.807) is 0 Å². The number of nitrogens with zero attached hydrogens (tertiary/aromatic N) is 1. The van der Waals surface area contributed by atoms with Crippen LogP contribution < -0.4 is 5.32 Å². The van der Waals surface area contributed by atoms with E-state index in [0.717, 1.165) is 37.9 Å². The van der Waals surface area contributed by atoms with E-state index in [1.165, 1.54) is 11.3 Å². The molecule has 1 unspecified atom stereocenters. The Hall–Kier alpha value is -1.27. The first-order chi connectivity index (χ1) is 10.6. The molecule has 2 aliphatic heterocycles. The molecule has 23 heavy (non-hydrogen) atoms. The number of rotatable bonds is 2. The molecule has 1 atom stereocenters. The first-order valence-electron chi connectivity index (χ1n) is 7.74. The summed E-state index contributed by atoms with van der Waals surface area (Å²) >= 11 is 0. The van der Waals surface area contributed by atoms with Gasteiger partial charge in [0.2, 0.25) is 0 Å². The zero-order chi connectivity index (χ0) is 15.7. The fourth-order valence-electron chi connectivity index (χ4n) is 3.48. The summed E-state index contributed by atoms with van der Waals surface area (Å²) in [7, 11) is 0. The van der Waals surface area contributed by atoms with Crippen molar-refractivity contribution >= 4 is 18.3 Å². The molecule has 3 nitrogen and oxygen atoms in total. The van der Waals surface area contributed by atoms with E-state index < -0.39 is 28.9 Å². The predicted molar refractivity (Wildman–Crippen MR) is 83.2 cm³/mol. The number of carbonyl (C=O) groups excluding carboxylic acids is 1. The summed E-state index contributed by atoms with van der Waals surface area (Å²) in [5.41, 5.74) is -0.392. The summed E-state index contributed by atoms with van der Waals surface area (Å²) in [4.78, 5) is 13.8. The van der Waals surface area contributed by atoms with Gasteiger partial charge in [-0.25, -0.2) is 13.2 Å². The number of piperidine rings is 1. The fraction of sp³-hybridized carbons (Fsp3) is 0.562. The number of amides is 1. The van der Waals surface area contributed by atoms with E-state index in [0.29, 0.717) is 25.0 Å². The van der Waals surface area contributed by atoms with E-state index in [-0.39, 0.29) is 12.4 Å². The second kappa shape index (κ2) is 7.53. The van der Waals surface area contributed by atoms with Crippen molar-refractivity contribution in [2.45, 2.75) is 31.7 Å². The van der Waals surface area contributed by atoms with Gasteiger partial charge in [0.25, 0.3) is 5.91 Å². The second-order valence-electron chi connectivity index (χ2n) is 6.06. The van der Waals surface area contributed by atoms with Gasteiger partial charge in [-0.2, -0.15) is 0 Å². The van der Waals surface area contributed by atoms with Gasteiger partial charge in [0, 0.05) is 19.1 Å². The molecule has 3 rings (SSSR count). The van der Waals surface area contributed by atoms with Crippen molar-refractivity contribution in [2.75, 3.05) is 19.6 Å². The number of benzene rings is 1. The van der Waals surface area contributed by atoms with Crippen molar-refractivity contribution in [1.82, 2.24) is 10.2 Å². The van der Waals surface area contributed by atoms with Crippen molar-refractivity contribution < 1.29 is 18.0 Å². The van der Waals surface area contributed by atoms with E-state index in [1.807, 2.05) is 0 Å². The van der Waals surface area contributed by atoms with Crippen LogP contribution in [0.3, 0.4) is 0 Å². The molecule has 1 aromatic carbocycles. The van der Waals surface area contributed by atoms with Crippen molar-refractivity contribution in [3.63, 3.8) is 0 Å². The Balaban J connectivity index is 0.00000192. The molecular weight excluding hydrogens is 329 g/mol. The van der Waals surface area contributed by atoms with Crippen LogP contribution in [-0.4, -0.2) is 36.5 Å². The Labute approximate surface area is 139 Å². The average Bonchev–Trinajstić information content (AvgIpc) is 3.07. The topological polar surface area (TPSA) is 32.3 Å². The molecule has 0 spiro atoms. The number of carbonyl (C=O) groups is 1. The lowest BCUT2D eigenvalue weighted by atomic mass is 9.88. The first kappa shape index (κ1) is 18.1. The van der Waals surface area contributed by atoms with Crippen LogP contribution in [0.5, 0.6) is 0 Å². The highest BCUT2D eigenvalue weighted by atomic mass is 35.5. The van der Waals surface area contributed by atoms with Crippen LogP contribution in [0, 0.1) is 23.4 Å². The van der Waals surface area contributed by atoms with Crippen LogP contribution in [0.4, 0.5) is 13.2 Å². The molecule has 0 aliphatic carbocycles. The van der Waals surface area contributed by atoms with E-state index in [2.05, 4.69) is 5.32 Å². The maximum absolute atomic E-state index is 13.7. The van der Waals surface area contributed by atoms with Gasteiger partial charge >= 0.3 is 0 Å². The summed E-state index contributed by atoms with van der Waals surface area (Å²) in [5, 5.41) is 3.47. The summed E-state index contributed by atoms with van der Waals surface area (Å²) in [6, 6.07) is 2.32. The van der Waals surface area contributed by atoms with Crippen LogP contribution in [-0.2, 0) is 0 Å². The summed E-state index contributed by atoms with van der Waals surface area (Å²) in [6.45, 7) is 2.10. The van der Waals surface area contributed by atoms with E-state index >= 15 is 0 Å². The minimum Gasteiger partial charge on any atom is -0.339 e. The first-order valence-corrected chi connectivity index (χ1v) is 7.74. The number of halogens is 4. The normalized spacial score (nSPS) is 22.0. The molecule has 0 bridgehead atoms. The SMILES string of the molecule is Cl.O=C(c1ccc(F)c(F)c1F)N1CCC(C2CCCN2)CC1. The third-order valence-corrected chi connectivity index (χ3v) is 4.76. The standard InChI is InChI=1S/C16H19F3N2O.ClH/c17-12-4-3-11(14(18)15(12)19)16(22)21-8-5-10(6-9-21)13-2-1-7-20-13;/h3-4,10,13,20H,1-2,5-9H2;1H. The van der Waals surface area contributed by atoms with E-state index in [4.69, 9.17) is 0 Å². The smallest absolute Gasteiger partial charge is 0.256 e. The lowest BCUT2D eigenvalue weighted by molar-refractivity contribution is 0.0668. The molecule has 7 heteroatoms. The molecule has 1 N–H and O–H groups in total. The van der Waals surface area contributed by atoms with Crippen LogP contribution in [0.2, 0.25) is 0 Å². The third kappa shape index (κ3) is 3.63. The highest BCUT2D eigenvalue weighted by molar-refractivity contribution is 5.94. The molecule has 0 radical (unpaired) electrons. The van der Waals surface area contributed by atoms with Crippen LogP contribution in [0.1, 0.15) is 36.0 Å². The van der Waals surface area contributed by atoms with Crippen LogP contribution >= 0.6 is 12.4 Å². The second-order valence-corrected chi connectivity index (χ2v) is 6.06. The van der Waals surface area contributed by atoms with Gasteiger partial charge in [0.1, 0.15) is 0 Å². The Bertz CT molecular complexity index is 571. The van der Waals surface area contributed by atoms with Crippen molar-refractivity contribution in [3.05, 3.63) is 35.1 Å². The van der Waals surface area contributed by atoms with Gasteiger partial charge in [-0.3, -0.25) is 4.79 Å². The molecule has 2 saturated heterocycles. The van der Waals surface area contributed by atoms with Gasteiger partial charge in [0.05, 0.1) is 5.56 Å². The molecule has 1 aromatic rings. The lowest BCUT2D eigenvalue weighted by Gasteiger charge is -2.35. The van der Waals surface area contributed by atoms with Crippen molar-refractivity contribution in [3.8, 4) is 0 Å². The quantitative estimate of drug-likeness (QED) is 0.833. The van der Waals surface area contributed by atoms with Gasteiger partial charge in [-0.1, -0.05) is 0 Å². The zero-order valence-electron chi connectivity index (χ0n) is 12.7. The molecule has 128 valence electrons. The fourth-order valence-corrected chi connectivity index (χ4v) is 3.48. The maximum Gasteiger partial charge on any atom is 0.256 e. The minimum absolute atomic E-state index is 0. The monoisotopic (exact) mass is 348 g/mol. The van der Waals surface area contributed by atoms with Crippen molar-refractivity contribution in [1.29, 1.82) is 0 Å². The molecular formula is C16H20ClF3N2O. The minimum atomic E-state index is -1.59. The number of hydrogen-bond donors (Lipinski definition) is 1. The highest BCUT2D eigenvalue weighted by Crippen LogP contribution is 2.27. The Morgan fingerprint density at radius 2 is 1.78 bits per heavy atom. The number of nitrogens with one attached hydrogen (secondary N) is 1. The van der Waals surface area contributed by atoms with Gasteiger partial charge in [0.15, 0.2) is 17.5 Å². The zero-order valence-corrected chi connectivity index (χ0v) is 13.5. The molecule has 1 amide bonds. The molecule has 0 saturated carbocycles. The lowest BCUT2D eigenvalue weighted by Crippen LogP contribution is -2.43. The molecule has 2 heterocycles. The summed E-state index contributed by atoms with van der Waals surface area (Å²) in [6.07, 6.45) is 4.06. The van der Waals surface area contributed by atoms with Crippen LogP contribution in [0.15, 0.2) is 12.1 Å².